The Morgan fingerprint density at radius 2 is 1.96 bits per heavy atom. The van der Waals surface area contributed by atoms with Crippen molar-refractivity contribution in [2.45, 2.75) is 19.5 Å². The second kappa shape index (κ2) is 7.48. The second-order valence-electron chi connectivity index (χ2n) is 7.13. The van der Waals surface area contributed by atoms with E-state index in [0.29, 0.717) is 19.8 Å². The van der Waals surface area contributed by atoms with E-state index in [-0.39, 0.29) is 35.1 Å². The topological polar surface area (TPSA) is 62.7 Å². The number of carbonyl (C=O) groups is 2. The Morgan fingerprint density at radius 1 is 1.25 bits per heavy atom. The highest BCUT2D eigenvalue weighted by molar-refractivity contribution is 6.30. The van der Waals surface area contributed by atoms with E-state index in [1.54, 1.807) is 4.90 Å². The predicted octanol–water partition coefficient (Wildman–Crippen LogP) is 2.57. The maximum Gasteiger partial charge on any atom is 0.251 e. The van der Waals surface area contributed by atoms with Gasteiger partial charge in [-0.2, -0.15) is 0 Å². The molecule has 0 unspecified atom stereocenters. The van der Waals surface area contributed by atoms with Crippen LogP contribution >= 0.6 is 11.6 Å². The monoisotopic (exact) mass is 403 g/mol. The van der Waals surface area contributed by atoms with Crippen LogP contribution in [0.3, 0.4) is 0 Å². The number of benzene rings is 1. The molecular formula is C20H19ClFN3O3. The third-order valence-electron chi connectivity index (χ3n) is 5.10. The first-order chi connectivity index (χ1) is 13.4. The van der Waals surface area contributed by atoms with Gasteiger partial charge < -0.3 is 9.64 Å². The number of carbonyl (C=O) groups excluding carboxylic acids is 2. The first kappa shape index (κ1) is 18.8. The van der Waals surface area contributed by atoms with Crippen LogP contribution in [0.5, 0.6) is 0 Å². The average Bonchev–Trinajstić information content (AvgIpc) is 2.61. The number of nitrogens with zero attached hydrogens (tertiary/aromatic N) is 3. The third kappa shape index (κ3) is 3.47. The molecule has 0 spiro atoms. The van der Waals surface area contributed by atoms with E-state index in [0.717, 1.165) is 22.1 Å². The largest absolute Gasteiger partial charge is 0.380 e. The number of amides is 2. The number of piperazine rings is 1. The van der Waals surface area contributed by atoms with E-state index < -0.39 is 11.9 Å². The molecule has 2 fully saturated rings. The van der Waals surface area contributed by atoms with Crippen LogP contribution in [0, 0.1) is 18.7 Å². The van der Waals surface area contributed by atoms with Crippen LogP contribution in [-0.2, 0) is 20.9 Å². The molecule has 146 valence electrons. The zero-order valence-corrected chi connectivity index (χ0v) is 16.0. The molecule has 2 aliphatic rings. The number of hydrogen-bond donors (Lipinski definition) is 0. The quantitative estimate of drug-likeness (QED) is 0.787. The fourth-order valence-electron chi connectivity index (χ4n) is 3.51. The van der Waals surface area contributed by atoms with Crippen LogP contribution in [0.25, 0.3) is 0 Å². The fourth-order valence-corrected chi connectivity index (χ4v) is 3.65. The van der Waals surface area contributed by atoms with Crippen LogP contribution in [0.15, 0.2) is 36.5 Å². The van der Waals surface area contributed by atoms with Gasteiger partial charge in [-0.3, -0.25) is 14.5 Å². The lowest BCUT2D eigenvalue weighted by atomic mass is 9.92. The van der Waals surface area contributed by atoms with Gasteiger partial charge in [0.05, 0.1) is 18.2 Å². The van der Waals surface area contributed by atoms with Crippen molar-refractivity contribution in [3.05, 3.63) is 58.5 Å². The normalized spacial score (nSPS) is 20.5. The summed E-state index contributed by atoms with van der Waals surface area (Å²) in [4.78, 5) is 32.8. The smallest absolute Gasteiger partial charge is 0.251 e. The number of halogens is 2. The van der Waals surface area contributed by atoms with Crippen molar-refractivity contribution < 1.29 is 18.7 Å². The minimum atomic E-state index is -0.732. The molecule has 2 amide bonds. The number of anilines is 1. The van der Waals surface area contributed by atoms with E-state index in [1.165, 1.54) is 6.20 Å². The molecule has 1 aromatic heterocycles. The maximum atomic E-state index is 14.4. The van der Waals surface area contributed by atoms with Crippen molar-refractivity contribution in [1.82, 2.24) is 9.88 Å². The number of ether oxygens (including phenoxy) is 1. The predicted molar refractivity (Wildman–Crippen MR) is 101 cm³/mol. The number of rotatable bonds is 4. The molecule has 2 aliphatic heterocycles. The zero-order valence-electron chi connectivity index (χ0n) is 15.3. The molecule has 0 aliphatic carbocycles. The first-order valence-electron chi connectivity index (χ1n) is 8.99. The number of hydrogen-bond acceptors (Lipinski definition) is 4. The highest BCUT2D eigenvalue weighted by Crippen LogP contribution is 2.30. The average molecular weight is 404 g/mol. The molecule has 0 saturated carbocycles. The van der Waals surface area contributed by atoms with Crippen molar-refractivity contribution in [3.8, 4) is 0 Å². The lowest BCUT2D eigenvalue weighted by Gasteiger charge is -2.45. The van der Waals surface area contributed by atoms with Crippen molar-refractivity contribution in [1.29, 1.82) is 0 Å². The Labute approximate surface area is 166 Å². The van der Waals surface area contributed by atoms with Gasteiger partial charge in [-0.25, -0.2) is 9.37 Å². The highest BCUT2D eigenvalue weighted by Gasteiger charge is 2.47. The van der Waals surface area contributed by atoms with E-state index >= 15 is 0 Å². The van der Waals surface area contributed by atoms with Gasteiger partial charge in [0.15, 0.2) is 11.6 Å². The number of aromatic nitrogens is 1. The Bertz CT molecular complexity index is 917. The minimum absolute atomic E-state index is 0.125. The molecule has 28 heavy (non-hydrogen) atoms. The number of pyridine rings is 1. The van der Waals surface area contributed by atoms with Crippen LogP contribution in [0.4, 0.5) is 10.2 Å². The number of aryl methyl sites for hydroxylation is 1. The SMILES string of the molecule is Cc1ccc(CN2C(=O)CN(c3ncc(Cl)cc3F)C(=O)[C@@H]2C2COC2)cc1. The molecule has 2 aromatic rings. The van der Waals surface area contributed by atoms with E-state index in [4.69, 9.17) is 16.3 Å². The Morgan fingerprint density at radius 3 is 2.57 bits per heavy atom. The van der Waals surface area contributed by atoms with E-state index in [9.17, 15) is 14.0 Å². The fraction of sp³-hybridized carbons (Fsp3) is 0.350. The summed E-state index contributed by atoms with van der Waals surface area (Å²) in [5, 5.41) is 0.127. The van der Waals surface area contributed by atoms with Crippen LogP contribution in [0.2, 0.25) is 5.02 Å². The summed E-state index contributed by atoms with van der Waals surface area (Å²) in [6, 6.07) is 8.18. The molecule has 4 rings (SSSR count). The molecule has 0 radical (unpaired) electrons. The molecule has 0 N–H and O–H groups in total. The van der Waals surface area contributed by atoms with Crippen molar-refractivity contribution in [2.75, 3.05) is 24.7 Å². The summed E-state index contributed by atoms with van der Waals surface area (Å²) >= 11 is 5.76. The van der Waals surface area contributed by atoms with Crippen LogP contribution in [0.1, 0.15) is 11.1 Å². The molecule has 1 atom stereocenters. The van der Waals surface area contributed by atoms with Gasteiger partial charge in [-0.05, 0) is 18.6 Å². The molecular weight excluding hydrogens is 385 g/mol. The second-order valence-corrected chi connectivity index (χ2v) is 7.57. The molecule has 6 nitrogen and oxygen atoms in total. The van der Waals surface area contributed by atoms with Crippen molar-refractivity contribution >= 4 is 29.2 Å². The van der Waals surface area contributed by atoms with Gasteiger partial charge in [-0.15, -0.1) is 0 Å². The first-order valence-corrected chi connectivity index (χ1v) is 9.37. The van der Waals surface area contributed by atoms with Gasteiger partial charge in [0.2, 0.25) is 5.91 Å². The minimum Gasteiger partial charge on any atom is -0.380 e. The highest BCUT2D eigenvalue weighted by atomic mass is 35.5. The lowest BCUT2D eigenvalue weighted by Crippen LogP contribution is -2.65. The van der Waals surface area contributed by atoms with Gasteiger partial charge in [0.25, 0.3) is 5.91 Å². The molecule has 3 heterocycles. The zero-order chi connectivity index (χ0) is 19.8. The van der Waals surface area contributed by atoms with Crippen LogP contribution in [-0.4, -0.2) is 47.5 Å². The Balaban J connectivity index is 1.65. The molecule has 8 heteroatoms. The summed E-state index contributed by atoms with van der Waals surface area (Å²) in [6.07, 6.45) is 1.26. The standard InChI is InChI=1S/C20H19ClFN3O3/c1-12-2-4-13(5-3-12)8-24-17(26)9-25(19-16(22)6-15(21)7-23-19)20(27)18(24)14-10-28-11-14/h2-7,14,18H,8-11H2,1H3/t18-/m0/s1. The Kier molecular flexibility index (Phi) is 5.03. The van der Waals surface area contributed by atoms with Gasteiger partial charge in [-0.1, -0.05) is 41.4 Å². The third-order valence-corrected chi connectivity index (χ3v) is 5.30. The maximum absolute atomic E-state index is 14.4. The van der Waals surface area contributed by atoms with Gasteiger partial charge >= 0.3 is 0 Å². The Hall–Kier alpha value is -2.51. The summed E-state index contributed by atoms with van der Waals surface area (Å²) in [5.41, 5.74) is 2.05. The molecule has 0 bridgehead atoms. The van der Waals surface area contributed by atoms with E-state index in [2.05, 4.69) is 4.98 Å². The summed E-state index contributed by atoms with van der Waals surface area (Å²) in [6.45, 7) is 2.81. The van der Waals surface area contributed by atoms with Crippen molar-refractivity contribution in [2.24, 2.45) is 5.92 Å². The van der Waals surface area contributed by atoms with Crippen molar-refractivity contribution in [3.63, 3.8) is 0 Å². The van der Waals surface area contributed by atoms with Gasteiger partial charge in [0, 0.05) is 18.7 Å². The van der Waals surface area contributed by atoms with E-state index in [1.807, 2.05) is 31.2 Å². The summed E-state index contributed by atoms with van der Waals surface area (Å²) in [5.74, 6) is -1.64. The molecule has 2 saturated heterocycles. The summed E-state index contributed by atoms with van der Waals surface area (Å²) in [7, 11) is 0. The van der Waals surface area contributed by atoms with Crippen LogP contribution < -0.4 is 4.90 Å². The molecule has 1 aromatic carbocycles. The summed E-state index contributed by atoms with van der Waals surface area (Å²) < 4.78 is 19.6. The van der Waals surface area contributed by atoms with Gasteiger partial charge in [0.1, 0.15) is 12.6 Å². The lowest BCUT2D eigenvalue weighted by molar-refractivity contribution is -0.155.